The lowest BCUT2D eigenvalue weighted by molar-refractivity contribution is 0.405. The average molecular weight is 152 g/mol. The summed E-state index contributed by atoms with van der Waals surface area (Å²) in [4.78, 5) is 4.14. The topological polar surface area (TPSA) is 52.0 Å². The summed E-state index contributed by atoms with van der Waals surface area (Å²) in [7, 11) is 0. The van der Waals surface area contributed by atoms with Crippen LogP contribution in [0.1, 0.15) is 36.6 Å². The molecule has 0 aliphatic heterocycles. The van der Waals surface area contributed by atoms with Crippen molar-refractivity contribution in [3.05, 3.63) is 11.5 Å². The molecule has 0 aromatic carbocycles. The summed E-state index contributed by atoms with van der Waals surface area (Å²) in [6.07, 6.45) is 3.80. The predicted octanol–water partition coefficient (Wildman–Crippen LogP) is 1.83. The van der Waals surface area contributed by atoms with Crippen molar-refractivity contribution < 1.29 is 4.42 Å². The molecule has 2 N–H and O–H groups in total. The summed E-state index contributed by atoms with van der Waals surface area (Å²) in [6.45, 7) is 1.93. The van der Waals surface area contributed by atoms with Crippen molar-refractivity contribution in [1.29, 1.82) is 0 Å². The molecule has 0 bridgehead atoms. The third-order valence-corrected chi connectivity index (χ3v) is 2.34. The number of aryl methyl sites for hydroxylation is 1. The first-order valence-electron chi connectivity index (χ1n) is 4.00. The van der Waals surface area contributed by atoms with Crippen molar-refractivity contribution in [2.24, 2.45) is 0 Å². The van der Waals surface area contributed by atoms with E-state index >= 15 is 0 Å². The maximum atomic E-state index is 5.42. The van der Waals surface area contributed by atoms with Crippen LogP contribution in [0.15, 0.2) is 4.42 Å². The van der Waals surface area contributed by atoms with Crippen molar-refractivity contribution in [3.8, 4) is 0 Å². The van der Waals surface area contributed by atoms with Gasteiger partial charge in [0.15, 0.2) is 0 Å². The summed E-state index contributed by atoms with van der Waals surface area (Å²) in [5, 5.41) is 0. The smallest absolute Gasteiger partial charge is 0.292 e. The minimum Gasteiger partial charge on any atom is -0.429 e. The van der Waals surface area contributed by atoms with Gasteiger partial charge < -0.3 is 10.2 Å². The highest BCUT2D eigenvalue weighted by Crippen LogP contribution is 2.37. The second kappa shape index (κ2) is 2.26. The lowest BCUT2D eigenvalue weighted by Crippen LogP contribution is -2.10. The Morgan fingerprint density at radius 3 is 2.64 bits per heavy atom. The van der Waals surface area contributed by atoms with Crippen LogP contribution in [0.5, 0.6) is 0 Å². The zero-order valence-electron chi connectivity index (χ0n) is 6.63. The normalized spacial score (nSPS) is 18.3. The Labute approximate surface area is 65.6 Å². The van der Waals surface area contributed by atoms with Crippen LogP contribution in [0.3, 0.4) is 0 Å². The maximum absolute atomic E-state index is 5.42. The standard InChI is InChI=1S/C8H12N2O/c1-5-7(6-3-2-4-6)10-8(9)11-5/h6H,2-4H2,1H3,(H2,9,10). The van der Waals surface area contributed by atoms with Crippen molar-refractivity contribution in [3.63, 3.8) is 0 Å². The molecule has 11 heavy (non-hydrogen) atoms. The van der Waals surface area contributed by atoms with Crippen LogP contribution in [-0.4, -0.2) is 4.98 Å². The fourth-order valence-electron chi connectivity index (χ4n) is 1.49. The molecule has 60 valence electrons. The minimum atomic E-state index is 0.310. The number of aromatic nitrogens is 1. The van der Waals surface area contributed by atoms with Crippen molar-refractivity contribution in [1.82, 2.24) is 4.98 Å². The lowest BCUT2D eigenvalue weighted by atomic mass is 9.82. The third-order valence-electron chi connectivity index (χ3n) is 2.34. The van der Waals surface area contributed by atoms with E-state index in [-0.39, 0.29) is 0 Å². The van der Waals surface area contributed by atoms with E-state index in [1.807, 2.05) is 6.92 Å². The van der Waals surface area contributed by atoms with Gasteiger partial charge in [-0.25, -0.2) is 0 Å². The van der Waals surface area contributed by atoms with Crippen molar-refractivity contribution in [2.75, 3.05) is 5.73 Å². The van der Waals surface area contributed by atoms with Gasteiger partial charge in [-0.2, -0.15) is 4.98 Å². The number of rotatable bonds is 1. The zero-order chi connectivity index (χ0) is 7.84. The molecule has 0 amide bonds. The van der Waals surface area contributed by atoms with E-state index in [2.05, 4.69) is 4.98 Å². The second-order valence-electron chi connectivity index (χ2n) is 3.12. The first kappa shape index (κ1) is 6.70. The second-order valence-corrected chi connectivity index (χ2v) is 3.12. The summed E-state index contributed by atoms with van der Waals surface area (Å²) >= 11 is 0. The van der Waals surface area contributed by atoms with Gasteiger partial charge in [0.05, 0.1) is 5.69 Å². The third kappa shape index (κ3) is 1.00. The summed E-state index contributed by atoms with van der Waals surface area (Å²) in [5.41, 5.74) is 6.50. The van der Waals surface area contributed by atoms with Gasteiger partial charge in [-0.3, -0.25) is 0 Å². The molecule has 0 radical (unpaired) electrons. The van der Waals surface area contributed by atoms with E-state index < -0.39 is 0 Å². The van der Waals surface area contributed by atoms with Crippen LogP contribution in [-0.2, 0) is 0 Å². The van der Waals surface area contributed by atoms with Gasteiger partial charge in [-0.15, -0.1) is 0 Å². The Hall–Kier alpha value is -0.990. The van der Waals surface area contributed by atoms with Crippen LogP contribution in [0.25, 0.3) is 0 Å². The molecule has 1 fully saturated rings. The van der Waals surface area contributed by atoms with Crippen LogP contribution in [0.2, 0.25) is 0 Å². The molecule has 0 spiro atoms. The number of nitrogens with two attached hydrogens (primary N) is 1. The average Bonchev–Trinajstić information content (AvgIpc) is 2.07. The van der Waals surface area contributed by atoms with E-state index in [0.717, 1.165) is 11.5 Å². The summed E-state index contributed by atoms with van der Waals surface area (Å²) < 4.78 is 5.14. The number of hydrogen-bond donors (Lipinski definition) is 1. The maximum Gasteiger partial charge on any atom is 0.292 e. The van der Waals surface area contributed by atoms with E-state index in [9.17, 15) is 0 Å². The van der Waals surface area contributed by atoms with Gasteiger partial charge in [-0.1, -0.05) is 6.42 Å². The number of oxazole rings is 1. The monoisotopic (exact) mass is 152 g/mol. The Balaban J connectivity index is 2.28. The zero-order valence-corrected chi connectivity index (χ0v) is 6.63. The SMILES string of the molecule is Cc1oc(N)nc1C1CCC1. The molecule has 3 nitrogen and oxygen atoms in total. The van der Waals surface area contributed by atoms with Crippen LogP contribution < -0.4 is 5.73 Å². The van der Waals surface area contributed by atoms with Gasteiger partial charge in [0.2, 0.25) is 0 Å². The molecule has 2 rings (SSSR count). The van der Waals surface area contributed by atoms with Crippen molar-refractivity contribution >= 4 is 6.01 Å². The van der Waals surface area contributed by atoms with Crippen molar-refractivity contribution in [2.45, 2.75) is 32.1 Å². The highest BCUT2D eigenvalue weighted by Gasteiger charge is 2.24. The molecular weight excluding hydrogens is 140 g/mol. The molecule has 1 aliphatic rings. The molecule has 1 heterocycles. The molecule has 1 saturated carbocycles. The van der Waals surface area contributed by atoms with Crippen LogP contribution in [0.4, 0.5) is 6.01 Å². The summed E-state index contributed by atoms with van der Waals surface area (Å²) in [5.74, 6) is 1.52. The highest BCUT2D eigenvalue weighted by molar-refractivity contribution is 5.23. The quantitative estimate of drug-likeness (QED) is 0.667. The molecule has 1 aromatic rings. The molecule has 0 unspecified atom stereocenters. The molecular formula is C8H12N2O. The van der Waals surface area contributed by atoms with Crippen LogP contribution in [0, 0.1) is 6.92 Å². The van der Waals surface area contributed by atoms with E-state index in [4.69, 9.17) is 10.2 Å². The van der Waals surface area contributed by atoms with Gasteiger partial charge in [0.25, 0.3) is 6.01 Å². The number of nitrogen functional groups attached to an aromatic ring is 1. The fraction of sp³-hybridized carbons (Fsp3) is 0.625. The Morgan fingerprint density at radius 2 is 2.27 bits per heavy atom. The van der Waals surface area contributed by atoms with E-state index in [0.29, 0.717) is 11.9 Å². The number of hydrogen-bond acceptors (Lipinski definition) is 3. The minimum absolute atomic E-state index is 0.310. The Morgan fingerprint density at radius 1 is 1.55 bits per heavy atom. The molecule has 1 aliphatic carbocycles. The molecule has 3 heteroatoms. The predicted molar refractivity (Wildman–Crippen MR) is 42.2 cm³/mol. The summed E-state index contributed by atoms with van der Waals surface area (Å²) in [6, 6.07) is 0.310. The Kier molecular flexibility index (Phi) is 1.37. The first-order valence-corrected chi connectivity index (χ1v) is 4.00. The lowest BCUT2D eigenvalue weighted by Gasteiger charge is -2.23. The fourth-order valence-corrected chi connectivity index (χ4v) is 1.49. The molecule has 0 saturated heterocycles. The first-order chi connectivity index (χ1) is 5.27. The largest absolute Gasteiger partial charge is 0.429 e. The van der Waals surface area contributed by atoms with Gasteiger partial charge >= 0.3 is 0 Å². The molecule has 1 aromatic heterocycles. The van der Waals surface area contributed by atoms with Gasteiger partial charge in [-0.05, 0) is 19.8 Å². The number of anilines is 1. The van der Waals surface area contributed by atoms with E-state index in [1.54, 1.807) is 0 Å². The highest BCUT2D eigenvalue weighted by atomic mass is 16.4. The van der Waals surface area contributed by atoms with Crippen LogP contribution >= 0.6 is 0 Å². The van der Waals surface area contributed by atoms with Gasteiger partial charge in [0.1, 0.15) is 5.76 Å². The molecule has 0 atom stereocenters. The Bertz CT molecular complexity index is 263. The van der Waals surface area contributed by atoms with E-state index in [1.165, 1.54) is 19.3 Å². The van der Waals surface area contributed by atoms with Gasteiger partial charge in [0, 0.05) is 5.92 Å². The number of nitrogens with zero attached hydrogens (tertiary/aromatic N) is 1.